The van der Waals surface area contributed by atoms with Crippen molar-refractivity contribution in [3.63, 3.8) is 0 Å². The number of likely N-dealkylation sites (N-methyl/N-ethyl adjacent to an activating group) is 4. The van der Waals surface area contributed by atoms with Crippen molar-refractivity contribution in [2.24, 2.45) is 35.5 Å². The van der Waals surface area contributed by atoms with Gasteiger partial charge in [0.25, 0.3) is 0 Å². The van der Waals surface area contributed by atoms with Gasteiger partial charge in [0.15, 0.2) is 0 Å². The molecule has 4 aliphatic carbocycles. The zero-order valence-electron chi connectivity index (χ0n) is 57.2. The number of fused-ring (bicyclic) bond motifs is 3. The van der Waals surface area contributed by atoms with Gasteiger partial charge >= 0.3 is 6.18 Å². The van der Waals surface area contributed by atoms with Crippen LogP contribution in [-0.2, 0) is 52.7 Å². The SMILES string of the molecule is CC[C@H](C)[C@@H]1NC(=O)[C@H](C)N(C)C(=O)C[C@@H](C)NC(=O)[C@H](C2CCCC2)N(C)C(=O)C2(CCCC2)NC(=O)[C@@H]2CCCN2C(=O)[C@H](CCC2CCC(C(F)(F)F)C(Cl)C2)NC(=O)[C@H]2CCCN2C(=O)[C@H](CC2CCC(C)CC2)N(C)C(=O)[C@@H]2CCN2C(=O)[C@H](C)N(C)C1=O. The Kier molecular flexibility index (Phi) is 24.9. The van der Waals surface area contributed by atoms with E-state index in [1.54, 1.807) is 34.9 Å². The first-order valence-electron chi connectivity index (χ1n) is 35.3. The number of alkyl halides is 4. The molecule has 0 aromatic heterocycles. The fraction of sp³-hybridized carbons (Fsp3) is 0.838. The molecule has 4 heterocycles. The molecule has 14 atom stereocenters. The maximum Gasteiger partial charge on any atom is 0.393 e. The standard InChI is InChI=1S/C68H107ClF3N11O11/c1-11-40(3)55-65(93)78(8)43(6)61(89)83-35-30-52(83)63(91)79(9)53(38-45-24-22-39(2)23-25-45)64(92)82-34-16-20-50(82)58(86)74-49(29-27-44-26-28-47(48(69)37-44)68(70,71)72)62(90)81-33-17-21-51(81)59(87)76-67(31-14-15-32-67)66(94)80(10)56(46-18-12-13-19-46)60(88)73-41(4)36-54(84)77(7)42(5)57(85)75-55/h39-53,55-56H,11-38H2,1-10H3,(H,73,88)(H,74,86)(H,75,85)(H,76,87)/t39?,40-,41+,42-,43-,44?,45?,47?,48?,49-,50+,51-,52-,53-,55-,56-/m0/s1. The zero-order chi connectivity index (χ0) is 68.8. The van der Waals surface area contributed by atoms with Gasteiger partial charge in [-0.05, 0) is 147 Å². The molecule has 0 aromatic carbocycles. The fourth-order valence-corrected chi connectivity index (χ4v) is 17.0. The van der Waals surface area contributed by atoms with E-state index in [0.717, 1.165) is 38.5 Å². The molecule has 8 aliphatic rings. The van der Waals surface area contributed by atoms with Crippen molar-refractivity contribution < 1.29 is 65.9 Å². The predicted molar refractivity (Wildman–Crippen MR) is 346 cm³/mol. The van der Waals surface area contributed by atoms with E-state index in [1.807, 2.05) is 6.92 Å². The van der Waals surface area contributed by atoms with Gasteiger partial charge in [0.05, 0.1) is 5.92 Å². The molecule has 3 unspecified atom stereocenters. The maximum atomic E-state index is 15.4. The summed E-state index contributed by atoms with van der Waals surface area (Å²) >= 11 is 6.43. The van der Waals surface area contributed by atoms with E-state index in [0.29, 0.717) is 50.9 Å². The van der Waals surface area contributed by atoms with Gasteiger partial charge in [-0.3, -0.25) is 52.7 Å². The smallest absolute Gasteiger partial charge is 0.351 e. The molecule has 4 saturated heterocycles. The topological polar surface area (TPSA) is 259 Å². The van der Waals surface area contributed by atoms with Crippen LogP contribution in [0.15, 0.2) is 0 Å². The third-order valence-corrected chi connectivity index (χ3v) is 23.7. The summed E-state index contributed by atoms with van der Waals surface area (Å²) in [6.07, 6.45) is 5.81. The van der Waals surface area contributed by atoms with E-state index in [4.69, 9.17) is 11.6 Å². The summed E-state index contributed by atoms with van der Waals surface area (Å²) in [5, 5.41) is 10.7. The summed E-state index contributed by atoms with van der Waals surface area (Å²) in [7, 11) is 6.01. The first kappa shape index (κ1) is 74.0. The molecule has 22 nitrogen and oxygen atoms in total. The van der Waals surface area contributed by atoms with Crippen LogP contribution in [0.5, 0.6) is 0 Å². The second kappa shape index (κ2) is 31.6. The Balaban J connectivity index is 1.13. The van der Waals surface area contributed by atoms with Gasteiger partial charge in [-0.25, -0.2) is 0 Å². The van der Waals surface area contributed by atoms with Gasteiger partial charge in [-0.1, -0.05) is 78.6 Å². The van der Waals surface area contributed by atoms with E-state index in [2.05, 4.69) is 28.2 Å². The molecule has 0 bridgehead atoms. The van der Waals surface area contributed by atoms with Crippen molar-refractivity contribution in [2.45, 2.75) is 280 Å². The van der Waals surface area contributed by atoms with E-state index in [1.165, 1.54) is 55.3 Å². The summed E-state index contributed by atoms with van der Waals surface area (Å²) in [4.78, 5) is 173. The molecule has 11 amide bonds. The van der Waals surface area contributed by atoms with Crippen LogP contribution in [0, 0.1) is 35.5 Å². The van der Waals surface area contributed by atoms with E-state index < -0.39 is 154 Å². The Hall–Kier alpha value is -5.75. The van der Waals surface area contributed by atoms with Crippen LogP contribution in [0.3, 0.4) is 0 Å². The van der Waals surface area contributed by atoms with Crippen molar-refractivity contribution in [1.82, 2.24) is 55.6 Å². The molecule has 0 aromatic rings. The van der Waals surface area contributed by atoms with Crippen LogP contribution >= 0.6 is 11.6 Å². The second-order valence-electron chi connectivity index (χ2n) is 29.5. The van der Waals surface area contributed by atoms with Gasteiger partial charge in [0.1, 0.15) is 59.9 Å². The van der Waals surface area contributed by atoms with Gasteiger partial charge in [0, 0.05) is 65.7 Å². The quantitative estimate of drug-likeness (QED) is 0.204. The molecule has 4 saturated carbocycles. The first-order chi connectivity index (χ1) is 44.4. The van der Waals surface area contributed by atoms with Crippen molar-refractivity contribution in [2.75, 3.05) is 47.8 Å². The Morgan fingerprint density at radius 1 is 0.553 bits per heavy atom. The Bertz CT molecular complexity index is 2780. The lowest BCUT2D eigenvalue weighted by Crippen LogP contribution is -2.65. The molecule has 94 heavy (non-hydrogen) atoms. The Morgan fingerprint density at radius 3 is 1.73 bits per heavy atom. The normalized spacial score (nSPS) is 34.8. The molecule has 0 radical (unpaired) electrons. The molecular formula is C68H107ClF3N11O11. The van der Waals surface area contributed by atoms with Gasteiger partial charge < -0.3 is 55.6 Å². The molecule has 528 valence electrons. The predicted octanol–water partition coefficient (Wildman–Crippen LogP) is 6.04. The average Bonchev–Trinajstić information content (AvgIpc) is 1.44. The van der Waals surface area contributed by atoms with E-state index in [-0.39, 0.29) is 114 Å². The van der Waals surface area contributed by atoms with Gasteiger partial charge in [-0.2, -0.15) is 13.2 Å². The largest absolute Gasteiger partial charge is 0.393 e. The third-order valence-electron chi connectivity index (χ3n) is 23.2. The van der Waals surface area contributed by atoms with Crippen LogP contribution in [-0.4, -0.2) is 225 Å². The van der Waals surface area contributed by atoms with E-state index >= 15 is 24.0 Å². The molecule has 4 N–H and O–H groups in total. The third kappa shape index (κ3) is 16.6. The summed E-state index contributed by atoms with van der Waals surface area (Å²) < 4.78 is 42.1. The first-order valence-corrected chi connectivity index (χ1v) is 35.7. The number of carbonyl (C=O) groups is 11. The number of carbonyl (C=O) groups excluding carboxylic acids is 11. The zero-order valence-corrected chi connectivity index (χ0v) is 58.0. The Labute approximate surface area is 558 Å². The lowest BCUT2D eigenvalue weighted by atomic mass is 9.78. The second-order valence-corrected chi connectivity index (χ2v) is 30.1. The number of rotatable bonds is 8. The van der Waals surface area contributed by atoms with E-state index in [9.17, 15) is 41.9 Å². The highest BCUT2D eigenvalue weighted by Gasteiger charge is 2.53. The molecule has 4 aliphatic heterocycles. The van der Waals surface area contributed by atoms with Crippen LogP contribution in [0.25, 0.3) is 0 Å². The highest BCUT2D eigenvalue weighted by molar-refractivity contribution is 6.20. The van der Waals surface area contributed by atoms with Crippen LogP contribution < -0.4 is 21.3 Å². The summed E-state index contributed by atoms with van der Waals surface area (Å²) in [6.45, 7) is 11.0. The van der Waals surface area contributed by atoms with Crippen molar-refractivity contribution >= 4 is 76.6 Å². The van der Waals surface area contributed by atoms with Crippen LogP contribution in [0.2, 0.25) is 0 Å². The number of hydrogen-bond acceptors (Lipinski definition) is 11. The summed E-state index contributed by atoms with van der Waals surface area (Å²) in [5.74, 6) is -8.13. The Morgan fingerprint density at radius 2 is 1.15 bits per heavy atom. The average molecular weight is 1350 g/mol. The minimum atomic E-state index is -4.49. The molecule has 8 rings (SSSR count). The van der Waals surface area contributed by atoms with Crippen molar-refractivity contribution in [3.8, 4) is 0 Å². The van der Waals surface area contributed by atoms with Crippen molar-refractivity contribution in [1.29, 1.82) is 0 Å². The lowest BCUT2D eigenvalue weighted by molar-refractivity contribution is -0.182. The number of nitrogens with zero attached hydrogens (tertiary/aromatic N) is 7. The number of amides is 11. The number of nitrogens with one attached hydrogen (secondary N) is 4. The minimum absolute atomic E-state index is 0.0182. The summed E-state index contributed by atoms with van der Waals surface area (Å²) in [5.41, 5.74) is -1.45. The lowest BCUT2D eigenvalue weighted by Gasteiger charge is -2.45. The molecule has 8 fully saturated rings. The molecule has 26 heteroatoms. The highest BCUT2D eigenvalue weighted by Crippen LogP contribution is 2.44. The maximum absolute atomic E-state index is 15.4. The monoisotopic (exact) mass is 1350 g/mol. The summed E-state index contributed by atoms with van der Waals surface area (Å²) in [6, 6.07) is -10.6. The van der Waals surface area contributed by atoms with Crippen LogP contribution in [0.1, 0.15) is 202 Å². The fourth-order valence-electron chi connectivity index (χ4n) is 16.4. The molecular weight excluding hydrogens is 1240 g/mol. The van der Waals surface area contributed by atoms with Gasteiger partial charge in [-0.15, -0.1) is 11.6 Å². The number of hydrogen-bond donors (Lipinski definition) is 4. The number of halogens is 4. The molecule has 1 spiro atoms. The minimum Gasteiger partial charge on any atom is -0.351 e. The van der Waals surface area contributed by atoms with Gasteiger partial charge in [0.2, 0.25) is 65.0 Å². The van der Waals surface area contributed by atoms with Crippen LogP contribution in [0.4, 0.5) is 13.2 Å². The highest BCUT2D eigenvalue weighted by atomic mass is 35.5. The van der Waals surface area contributed by atoms with Crippen molar-refractivity contribution in [3.05, 3.63) is 0 Å².